The lowest BCUT2D eigenvalue weighted by Gasteiger charge is -2.20. The third kappa shape index (κ3) is 5.91. The van der Waals surface area contributed by atoms with E-state index in [1.54, 1.807) is 0 Å². The maximum Gasteiger partial charge on any atom is 0.320 e. The van der Waals surface area contributed by atoms with E-state index in [0.29, 0.717) is 18.4 Å². The Morgan fingerprint density at radius 2 is 2.11 bits per heavy atom. The maximum atomic E-state index is 11.8. The minimum Gasteiger partial charge on any atom is -0.468 e. The summed E-state index contributed by atoms with van der Waals surface area (Å²) in [6.07, 6.45) is 5.09. The minimum atomic E-state index is -3.33. The first kappa shape index (κ1) is 16.4. The van der Waals surface area contributed by atoms with Gasteiger partial charge in [0.2, 0.25) is 0 Å². The Morgan fingerprint density at radius 3 is 2.74 bits per heavy atom. The zero-order chi connectivity index (χ0) is 14.3. The Labute approximate surface area is 116 Å². The molecule has 1 N–H and O–H groups in total. The molecule has 0 heterocycles. The van der Waals surface area contributed by atoms with E-state index in [1.807, 2.05) is 0 Å². The van der Waals surface area contributed by atoms with Gasteiger partial charge in [-0.15, -0.1) is 0 Å². The van der Waals surface area contributed by atoms with Crippen LogP contribution >= 0.6 is 0 Å². The Bertz CT molecular complexity index is 380. The summed E-state index contributed by atoms with van der Waals surface area (Å²) in [5, 5.41) is 3.48. The quantitative estimate of drug-likeness (QED) is 0.679. The van der Waals surface area contributed by atoms with Crippen molar-refractivity contribution in [1.29, 1.82) is 0 Å². The molecule has 6 heteroatoms. The van der Waals surface area contributed by atoms with Gasteiger partial charge < -0.3 is 10.1 Å². The van der Waals surface area contributed by atoms with Crippen LogP contribution in [0.5, 0.6) is 0 Å². The molecule has 1 aliphatic rings. The number of rotatable bonds is 8. The molecular formula is C13H25NO4S. The van der Waals surface area contributed by atoms with Gasteiger partial charge in [0.1, 0.15) is 5.75 Å². The average Bonchev–Trinajstić information content (AvgIpc) is 2.80. The molecule has 1 aliphatic carbocycles. The van der Waals surface area contributed by atoms with E-state index in [0.717, 1.165) is 32.2 Å². The van der Waals surface area contributed by atoms with Gasteiger partial charge in [-0.1, -0.05) is 13.3 Å². The Hall–Kier alpha value is -0.620. The number of methoxy groups -OCH3 is 1. The predicted molar refractivity (Wildman–Crippen MR) is 74.7 cm³/mol. The van der Waals surface area contributed by atoms with Crippen molar-refractivity contribution in [3.05, 3.63) is 0 Å². The van der Waals surface area contributed by atoms with Gasteiger partial charge in [0, 0.05) is 6.04 Å². The molecule has 2 atom stereocenters. The smallest absolute Gasteiger partial charge is 0.320 e. The van der Waals surface area contributed by atoms with E-state index >= 15 is 0 Å². The summed E-state index contributed by atoms with van der Waals surface area (Å²) in [6, 6.07) is 0.438. The van der Waals surface area contributed by atoms with Crippen molar-refractivity contribution in [2.24, 2.45) is 5.92 Å². The SMILES string of the molecule is CCCNC1CCCC1CCS(=O)(=O)CC(=O)OC. The molecule has 0 amide bonds. The first-order valence-electron chi connectivity index (χ1n) is 6.99. The molecule has 2 unspecified atom stereocenters. The second kappa shape index (κ2) is 7.85. The molecule has 1 fully saturated rings. The summed E-state index contributed by atoms with van der Waals surface area (Å²) in [7, 11) is -2.12. The highest BCUT2D eigenvalue weighted by Crippen LogP contribution is 2.28. The van der Waals surface area contributed by atoms with E-state index in [9.17, 15) is 13.2 Å². The highest BCUT2D eigenvalue weighted by Gasteiger charge is 2.28. The van der Waals surface area contributed by atoms with Gasteiger partial charge in [-0.2, -0.15) is 0 Å². The number of sulfone groups is 1. The molecular weight excluding hydrogens is 266 g/mol. The first-order valence-corrected chi connectivity index (χ1v) is 8.81. The third-order valence-corrected chi connectivity index (χ3v) is 5.21. The predicted octanol–water partition coefficient (Wildman–Crippen LogP) is 1.13. The van der Waals surface area contributed by atoms with Gasteiger partial charge in [-0.05, 0) is 38.1 Å². The summed E-state index contributed by atoms with van der Waals surface area (Å²) in [5.74, 6) is -0.675. The normalized spacial score (nSPS) is 23.5. The van der Waals surface area contributed by atoms with Gasteiger partial charge in [0.05, 0.1) is 12.9 Å². The molecule has 0 aromatic carbocycles. The van der Waals surface area contributed by atoms with Crippen LogP contribution in [0.1, 0.15) is 39.0 Å². The van der Waals surface area contributed by atoms with Crippen LogP contribution < -0.4 is 5.32 Å². The van der Waals surface area contributed by atoms with Crippen LogP contribution in [0.2, 0.25) is 0 Å². The van der Waals surface area contributed by atoms with E-state index in [-0.39, 0.29) is 5.75 Å². The zero-order valence-electron chi connectivity index (χ0n) is 11.9. The Kier molecular flexibility index (Phi) is 6.79. The molecule has 1 saturated carbocycles. The van der Waals surface area contributed by atoms with Crippen molar-refractivity contribution in [3.63, 3.8) is 0 Å². The highest BCUT2D eigenvalue weighted by atomic mass is 32.2. The van der Waals surface area contributed by atoms with Gasteiger partial charge in [-0.25, -0.2) is 8.42 Å². The molecule has 112 valence electrons. The summed E-state index contributed by atoms with van der Waals surface area (Å²) in [6.45, 7) is 3.11. The summed E-state index contributed by atoms with van der Waals surface area (Å²) >= 11 is 0. The van der Waals surface area contributed by atoms with E-state index in [2.05, 4.69) is 17.0 Å². The third-order valence-electron chi connectivity index (χ3n) is 3.68. The fourth-order valence-corrected chi connectivity index (χ4v) is 3.91. The molecule has 5 nitrogen and oxygen atoms in total. The van der Waals surface area contributed by atoms with Crippen LogP contribution in [0, 0.1) is 5.92 Å². The van der Waals surface area contributed by atoms with Crippen LogP contribution in [-0.2, 0) is 19.4 Å². The Balaban J connectivity index is 2.40. The molecule has 19 heavy (non-hydrogen) atoms. The lowest BCUT2D eigenvalue weighted by Crippen LogP contribution is -2.34. The molecule has 0 radical (unpaired) electrons. The minimum absolute atomic E-state index is 0.0804. The van der Waals surface area contributed by atoms with E-state index in [1.165, 1.54) is 7.11 Å². The van der Waals surface area contributed by atoms with Crippen LogP contribution in [0.3, 0.4) is 0 Å². The summed E-state index contributed by atoms with van der Waals surface area (Å²) in [4.78, 5) is 11.0. The largest absolute Gasteiger partial charge is 0.468 e. The highest BCUT2D eigenvalue weighted by molar-refractivity contribution is 7.92. The molecule has 0 aromatic heterocycles. The van der Waals surface area contributed by atoms with Gasteiger partial charge in [0.15, 0.2) is 9.84 Å². The lowest BCUT2D eigenvalue weighted by atomic mass is 10.0. The molecule has 0 spiro atoms. The first-order chi connectivity index (χ1) is 8.98. The monoisotopic (exact) mass is 291 g/mol. The van der Waals surface area contributed by atoms with Crippen LogP contribution in [0.4, 0.5) is 0 Å². The molecule has 0 bridgehead atoms. The van der Waals surface area contributed by atoms with Crippen LogP contribution in [0.15, 0.2) is 0 Å². The molecule has 0 saturated heterocycles. The summed E-state index contributed by atoms with van der Waals surface area (Å²) < 4.78 is 27.9. The lowest BCUT2D eigenvalue weighted by molar-refractivity contribution is -0.137. The van der Waals surface area contributed by atoms with E-state index < -0.39 is 21.6 Å². The fraction of sp³-hybridized carbons (Fsp3) is 0.923. The molecule has 0 aromatic rings. The van der Waals surface area contributed by atoms with Crippen molar-refractivity contribution in [2.45, 2.75) is 45.1 Å². The number of esters is 1. The number of hydrogen-bond acceptors (Lipinski definition) is 5. The second-order valence-corrected chi connectivity index (χ2v) is 7.39. The van der Waals surface area contributed by atoms with Crippen LogP contribution in [-0.4, -0.2) is 45.6 Å². The van der Waals surface area contributed by atoms with Crippen molar-refractivity contribution < 1.29 is 17.9 Å². The summed E-state index contributed by atoms with van der Waals surface area (Å²) in [5.41, 5.74) is 0. The van der Waals surface area contributed by atoms with Crippen molar-refractivity contribution in [3.8, 4) is 0 Å². The van der Waals surface area contributed by atoms with Gasteiger partial charge >= 0.3 is 5.97 Å². The van der Waals surface area contributed by atoms with Gasteiger partial charge in [0.25, 0.3) is 0 Å². The van der Waals surface area contributed by atoms with Crippen LogP contribution in [0.25, 0.3) is 0 Å². The standard InChI is InChI=1S/C13H25NO4S/c1-3-8-14-12-6-4-5-11(12)7-9-19(16,17)10-13(15)18-2/h11-12,14H,3-10H2,1-2H3. The number of ether oxygens (including phenoxy) is 1. The van der Waals surface area contributed by atoms with Gasteiger partial charge in [-0.3, -0.25) is 4.79 Å². The number of hydrogen-bond donors (Lipinski definition) is 1. The second-order valence-electron chi connectivity index (χ2n) is 5.21. The molecule has 0 aliphatic heterocycles. The van der Waals surface area contributed by atoms with Crippen molar-refractivity contribution in [2.75, 3.05) is 25.2 Å². The zero-order valence-corrected chi connectivity index (χ0v) is 12.7. The number of carbonyl (C=O) groups is 1. The maximum absolute atomic E-state index is 11.8. The topological polar surface area (TPSA) is 72.5 Å². The van der Waals surface area contributed by atoms with E-state index in [4.69, 9.17) is 0 Å². The average molecular weight is 291 g/mol. The molecule has 1 rings (SSSR count). The van der Waals surface area contributed by atoms with Crippen molar-refractivity contribution in [1.82, 2.24) is 5.32 Å². The fourth-order valence-electron chi connectivity index (χ4n) is 2.62. The number of nitrogens with one attached hydrogen (secondary N) is 1. The Morgan fingerprint density at radius 1 is 1.37 bits per heavy atom. The van der Waals surface area contributed by atoms with Crippen molar-refractivity contribution >= 4 is 15.8 Å². The number of carbonyl (C=O) groups excluding carboxylic acids is 1.